The number of carbonyl (C=O) groups excluding carboxylic acids is 2. The second-order valence-corrected chi connectivity index (χ2v) is 6.60. The lowest BCUT2D eigenvalue weighted by molar-refractivity contribution is 0.0512. The number of aryl methyl sites for hydroxylation is 1. The minimum Gasteiger partial charge on any atom is -0.464 e. The molecule has 0 aromatic carbocycles. The molecule has 132 valence electrons. The number of nitrogens with zero attached hydrogens (tertiary/aromatic N) is 2. The highest BCUT2D eigenvalue weighted by Gasteiger charge is 2.34. The van der Waals surface area contributed by atoms with Gasteiger partial charge in [-0.3, -0.25) is 14.6 Å². The molecule has 0 spiro atoms. The summed E-state index contributed by atoms with van der Waals surface area (Å²) in [4.78, 5) is 30.1. The van der Waals surface area contributed by atoms with Crippen LogP contribution >= 0.6 is 0 Å². The van der Waals surface area contributed by atoms with Crippen LogP contribution in [0.4, 0.5) is 0 Å². The summed E-state index contributed by atoms with van der Waals surface area (Å²) in [5.41, 5.74) is 5.83. The predicted octanol–water partition coefficient (Wildman–Crippen LogP) is 2.95. The van der Waals surface area contributed by atoms with E-state index in [4.69, 9.17) is 10.2 Å². The summed E-state index contributed by atoms with van der Waals surface area (Å²) < 4.78 is 5.91. The van der Waals surface area contributed by atoms with Crippen LogP contribution in [0.25, 0.3) is 0 Å². The van der Waals surface area contributed by atoms with Crippen molar-refractivity contribution < 1.29 is 14.0 Å². The summed E-state index contributed by atoms with van der Waals surface area (Å²) in [6, 6.07) is 6.93. The Kier molecular flexibility index (Phi) is 4.88. The number of furan rings is 1. The highest BCUT2D eigenvalue weighted by atomic mass is 16.3. The zero-order valence-corrected chi connectivity index (χ0v) is 14.6. The van der Waals surface area contributed by atoms with Gasteiger partial charge in [0.2, 0.25) is 5.91 Å². The standard InChI is InChI=1S/C19H23N3O3/c1-3-14-5-7-17(25-14)16-10-12(2)8-9-22(16)19(24)15-6-4-13(11-21-15)18(20)23/h4-7,11-12,16H,3,8-10H2,1-2H3,(H2,20,23). The third kappa shape index (κ3) is 3.57. The number of nitrogens with two attached hydrogens (primary N) is 1. The minimum atomic E-state index is -0.557. The van der Waals surface area contributed by atoms with Crippen molar-refractivity contribution in [2.24, 2.45) is 11.7 Å². The highest BCUT2D eigenvalue weighted by Crippen LogP contribution is 2.35. The first-order chi connectivity index (χ1) is 12.0. The van der Waals surface area contributed by atoms with Crippen molar-refractivity contribution in [3.8, 4) is 0 Å². The fourth-order valence-electron chi connectivity index (χ4n) is 3.23. The number of rotatable bonds is 4. The van der Waals surface area contributed by atoms with Gasteiger partial charge in [-0.05, 0) is 43.0 Å². The number of aromatic nitrogens is 1. The lowest BCUT2D eigenvalue weighted by atomic mass is 9.91. The molecule has 0 bridgehead atoms. The molecule has 3 rings (SSSR count). The Morgan fingerprint density at radius 2 is 2.12 bits per heavy atom. The maximum absolute atomic E-state index is 13.0. The number of piperidine rings is 1. The van der Waals surface area contributed by atoms with Gasteiger partial charge in [0.05, 0.1) is 11.6 Å². The summed E-state index contributed by atoms with van der Waals surface area (Å²) in [6.07, 6.45) is 3.98. The first kappa shape index (κ1) is 17.2. The van der Waals surface area contributed by atoms with E-state index in [0.717, 1.165) is 30.8 Å². The van der Waals surface area contributed by atoms with Gasteiger partial charge in [-0.25, -0.2) is 0 Å². The van der Waals surface area contributed by atoms with Gasteiger partial charge in [-0.15, -0.1) is 0 Å². The Hall–Kier alpha value is -2.63. The van der Waals surface area contributed by atoms with Gasteiger partial charge in [-0.1, -0.05) is 13.8 Å². The Bertz CT molecular complexity index is 766. The van der Waals surface area contributed by atoms with Crippen LogP contribution in [0.5, 0.6) is 0 Å². The van der Waals surface area contributed by atoms with E-state index in [9.17, 15) is 9.59 Å². The Morgan fingerprint density at radius 1 is 1.32 bits per heavy atom. The summed E-state index contributed by atoms with van der Waals surface area (Å²) >= 11 is 0. The van der Waals surface area contributed by atoms with Crippen molar-refractivity contribution in [3.05, 3.63) is 53.2 Å². The molecule has 2 atom stereocenters. The number of carbonyl (C=O) groups is 2. The van der Waals surface area contributed by atoms with E-state index in [-0.39, 0.29) is 11.9 Å². The van der Waals surface area contributed by atoms with Gasteiger partial charge in [0.1, 0.15) is 17.2 Å². The quantitative estimate of drug-likeness (QED) is 0.926. The number of hydrogen-bond donors (Lipinski definition) is 1. The zero-order valence-electron chi connectivity index (χ0n) is 14.6. The summed E-state index contributed by atoms with van der Waals surface area (Å²) in [5, 5.41) is 0. The normalized spacial score (nSPS) is 20.5. The molecule has 6 nitrogen and oxygen atoms in total. The highest BCUT2D eigenvalue weighted by molar-refractivity contribution is 5.95. The summed E-state index contributed by atoms with van der Waals surface area (Å²) in [7, 11) is 0. The van der Waals surface area contributed by atoms with Gasteiger partial charge in [0.15, 0.2) is 0 Å². The van der Waals surface area contributed by atoms with Gasteiger partial charge in [0.25, 0.3) is 5.91 Å². The third-order valence-electron chi connectivity index (χ3n) is 4.75. The zero-order chi connectivity index (χ0) is 18.0. The number of pyridine rings is 1. The molecule has 6 heteroatoms. The SMILES string of the molecule is CCc1ccc(C2CC(C)CCN2C(=O)c2ccc(C(N)=O)cn2)o1. The number of primary amides is 1. The van der Waals surface area contributed by atoms with Crippen LogP contribution in [-0.4, -0.2) is 28.2 Å². The molecule has 1 saturated heterocycles. The molecule has 2 amide bonds. The molecular formula is C19H23N3O3. The van der Waals surface area contributed by atoms with Crippen LogP contribution in [0.1, 0.15) is 65.1 Å². The lowest BCUT2D eigenvalue weighted by Gasteiger charge is -2.37. The van der Waals surface area contributed by atoms with Crippen LogP contribution in [-0.2, 0) is 6.42 Å². The van der Waals surface area contributed by atoms with Gasteiger partial charge in [0, 0.05) is 19.2 Å². The average molecular weight is 341 g/mol. The van der Waals surface area contributed by atoms with Crippen LogP contribution < -0.4 is 5.73 Å². The van der Waals surface area contributed by atoms with E-state index < -0.39 is 5.91 Å². The van der Waals surface area contributed by atoms with Crippen molar-refractivity contribution in [1.29, 1.82) is 0 Å². The molecule has 2 aromatic heterocycles. The molecule has 1 fully saturated rings. The molecule has 3 heterocycles. The molecule has 25 heavy (non-hydrogen) atoms. The van der Waals surface area contributed by atoms with E-state index >= 15 is 0 Å². The average Bonchev–Trinajstić information content (AvgIpc) is 3.10. The topological polar surface area (TPSA) is 89.4 Å². The maximum Gasteiger partial charge on any atom is 0.273 e. The van der Waals surface area contributed by atoms with Gasteiger partial charge < -0.3 is 15.1 Å². The summed E-state index contributed by atoms with van der Waals surface area (Å²) in [6.45, 7) is 4.89. The Morgan fingerprint density at radius 3 is 2.72 bits per heavy atom. The molecule has 0 saturated carbocycles. The first-order valence-electron chi connectivity index (χ1n) is 8.65. The fourth-order valence-corrected chi connectivity index (χ4v) is 3.23. The van der Waals surface area contributed by atoms with Crippen molar-refractivity contribution >= 4 is 11.8 Å². The molecule has 1 aliphatic heterocycles. The molecular weight excluding hydrogens is 318 g/mol. The first-order valence-corrected chi connectivity index (χ1v) is 8.65. The van der Waals surface area contributed by atoms with Crippen molar-refractivity contribution in [2.45, 2.75) is 39.2 Å². The van der Waals surface area contributed by atoms with E-state index in [1.165, 1.54) is 12.3 Å². The van der Waals surface area contributed by atoms with Crippen LogP contribution in [0.3, 0.4) is 0 Å². The van der Waals surface area contributed by atoms with E-state index in [1.54, 1.807) is 6.07 Å². The molecule has 2 N–H and O–H groups in total. The van der Waals surface area contributed by atoms with Crippen LogP contribution in [0.2, 0.25) is 0 Å². The number of likely N-dealkylation sites (tertiary alicyclic amines) is 1. The number of amides is 2. The Labute approximate surface area is 147 Å². The lowest BCUT2D eigenvalue weighted by Crippen LogP contribution is -2.40. The molecule has 2 unspecified atom stereocenters. The maximum atomic E-state index is 13.0. The van der Waals surface area contributed by atoms with E-state index in [0.29, 0.717) is 23.7 Å². The summed E-state index contributed by atoms with van der Waals surface area (Å²) in [5.74, 6) is 1.56. The minimum absolute atomic E-state index is 0.0887. The number of hydrogen-bond acceptors (Lipinski definition) is 4. The van der Waals surface area contributed by atoms with E-state index in [2.05, 4.69) is 11.9 Å². The molecule has 0 aliphatic carbocycles. The second-order valence-electron chi connectivity index (χ2n) is 6.60. The predicted molar refractivity (Wildman–Crippen MR) is 93.0 cm³/mol. The second kappa shape index (κ2) is 7.09. The largest absolute Gasteiger partial charge is 0.464 e. The fraction of sp³-hybridized carbons (Fsp3) is 0.421. The van der Waals surface area contributed by atoms with Crippen LogP contribution in [0.15, 0.2) is 34.9 Å². The van der Waals surface area contributed by atoms with Crippen molar-refractivity contribution in [2.75, 3.05) is 6.54 Å². The van der Waals surface area contributed by atoms with Gasteiger partial charge >= 0.3 is 0 Å². The third-order valence-corrected chi connectivity index (χ3v) is 4.75. The van der Waals surface area contributed by atoms with E-state index in [1.807, 2.05) is 24.0 Å². The monoisotopic (exact) mass is 341 g/mol. The van der Waals surface area contributed by atoms with Crippen molar-refractivity contribution in [1.82, 2.24) is 9.88 Å². The Balaban J connectivity index is 1.86. The van der Waals surface area contributed by atoms with Gasteiger partial charge in [-0.2, -0.15) is 0 Å². The van der Waals surface area contributed by atoms with Crippen LogP contribution in [0, 0.1) is 5.92 Å². The smallest absolute Gasteiger partial charge is 0.273 e. The van der Waals surface area contributed by atoms with Crippen molar-refractivity contribution in [3.63, 3.8) is 0 Å². The molecule has 1 aliphatic rings. The molecule has 2 aromatic rings. The molecule has 0 radical (unpaired) electrons.